The van der Waals surface area contributed by atoms with Gasteiger partial charge in [0.1, 0.15) is 30.5 Å². The van der Waals surface area contributed by atoms with E-state index in [1.165, 1.54) is 0 Å². The quantitative estimate of drug-likeness (QED) is 0.179. The second kappa shape index (κ2) is 13.5. The van der Waals surface area contributed by atoms with E-state index in [-0.39, 0.29) is 18.4 Å². The molecule has 4 heteroatoms. The minimum atomic E-state index is -0.155. The highest BCUT2D eigenvalue weighted by atomic mass is 16.5. The van der Waals surface area contributed by atoms with Crippen LogP contribution in [-0.4, -0.2) is 18.8 Å². The summed E-state index contributed by atoms with van der Waals surface area (Å²) in [6.07, 6.45) is 0. The van der Waals surface area contributed by atoms with Gasteiger partial charge in [-0.2, -0.15) is 0 Å². The summed E-state index contributed by atoms with van der Waals surface area (Å²) in [7, 11) is 1.66. The molecule has 0 saturated heterocycles. The van der Waals surface area contributed by atoms with E-state index < -0.39 is 0 Å². The van der Waals surface area contributed by atoms with Crippen LogP contribution < -0.4 is 14.2 Å². The van der Waals surface area contributed by atoms with Crippen LogP contribution in [0, 0.1) is 0 Å². The van der Waals surface area contributed by atoms with Crippen molar-refractivity contribution in [3.8, 4) is 17.2 Å². The Balaban J connectivity index is 1.39. The SMILES string of the molecule is COc1ccc(C(CO)C(c2ccc(OCc3ccccc3)cc2)c2ccc(OCc3ccccc3)cc2)cc1. The molecule has 0 aromatic heterocycles. The van der Waals surface area contributed by atoms with E-state index in [1.807, 2.05) is 84.9 Å². The highest BCUT2D eigenvalue weighted by Crippen LogP contribution is 2.40. The second-order valence-corrected chi connectivity index (χ2v) is 9.73. The summed E-state index contributed by atoms with van der Waals surface area (Å²) in [5.41, 5.74) is 5.49. The van der Waals surface area contributed by atoms with Crippen LogP contribution in [0.2, 0.25) is 0 Å². The fourth-order valence-corrected chi connectivity index (χ4v) is 4.94. The van der Waals surface area contributed by atoms with Gasteiger partial charge in [-0.15, -0.1) is 0 Å². The number of ether oxygens (including phenoxy) is 3. The van der Waals surface area contributed by atoms with E-state index in [4.69, 9.17) is 14.2 Å². The van der Waals surface area contributed by atoms with Gasteiger partial charge in [-0.05, 0) is 64.2 Å². The van der Waals surface area contributed by atoms with Crippen LogP contribution in [0.25, 0.3) is 0 Å². The maximum Gasteiger partial charge on any atom is 0.119 e. The highest BCUT2D eigenvalue weighted by molar-refractivity contribution is 5.43. The molecule has 4 nitrogen and oxygen atoms in total. The van der Waals surface area contributed by atoms with E-state index >= 15 is 0 Å². The first kappa shape index (κ1) is 27.0. The Morgan fingerprint density at radius 2 is 0.900 bits per heavy atom. The van der Waals surface area contributed by atoms with Crippen molar-refractivity contribution in [2.24, 2.45) is 0 Å². The molecule has 0 aliphatic carbocycles. The monoisotopic (exact) mass is 530 g/mol. The van der Waals surface area contributed by atoms with Gasteiger partial charge in [-0.3, -0.25) is 0 Å². The molecule has 40 heavy (non-hydrogen) atoms. The molecule has 1 N–H and O–H groups in total. The Morgan fingerprint density at radius 1 is 0.500 bits per heavy atom. The molecule has 0 aliphatic rings. The molecule has 5 aromatic rings. The topological polar surface area (TPSA) is 47.9 Å². The van der Waals surface area contributed by atoms with Crippen LogP contribution in [0.1, 0.15) is 39.7 Å². The molecule has 5 rings (SSSR count). The number of hydrogen-bond acceptors (Lipinski definition) is 4. The summed E-state index contributed by atoms with van der Waals surface area (Å²) < 4.78 is 17.4. The van der Waals surface area contributed by atoms with Crippen LogP contribution in [-0.2, 0) is 13.2 Å². The third-order valence-corrected chi connectivity index (χ3v) is 7.12. The molecule has 5 aromatic carbocycles. The average Bonchev–Trinajstić information content (AvgIpc) is 3.03. The van der Waals surface area contributed by atoms with E-state index in [1.54, 1.807) is 7.11 Å². The largest absolute Gasteiger partial charge is 0.497 e. The lowest BCUT2D eigenvalue weighted by molar-refractivity contribution is 0.255. The van der Waals surface area contributed by atoms with Crippen LogP contribution in [0.15, 0.2) is 133 Å². The number of methoxy groups -OCH3 is 1. The van der Waals surface area contributed by atoms with E-state index in [0.29, 0.717) is 13.2 Å². The van der Waals surface area contributed by atoms with Crippen LogP contribution in [0.5, 0.6) is 17.2 Å². The summed E-state index contributed by atoms with van der Waals surface area (Å²) >= 11 is 0. The molecule has 0 radical (unpaired) electrons. The van der Waals surface area contributed by atoms with Crippen LogP contribution in [0.3, 0.4) is 0 Å². The van der Waals surface area contributed by atoms with Gasteiger partial charge in [-0.1, -0.05) is 97.1 Å². The lowest BCUT2D eigenvalue weighted by Crippen LogP contribution is -2.17. The predicted octanol–water partition coefficient (Wildman–Crippen LogP) is 7.76. The molecule has 1 atom stereocenters. The van der Waals surface area contributed by atoms with Crippen molar-refractivity contribution in [2.45, 2.75) is 25.0 Å². The molecule has 0 fully saturated rings. The van der Waals surface area contributed by atoms with Crippen molar-refractivity contribution in [2.75, 3.05) is 13.7 Å². The molecule has 202 valence electrons. The summed E-state index contributed by atoms with van der Waals surface area (Å²) in [5, 5.41) is 10.6. The minimum Gasteiger partial charge on any atom is -0.497 e. The maximum atomic E-state index is 10.6. The molecule has 0 amide bonds. The molecule has 0 saturated carbocycles. The minimum absolute atomic E-state index is 0.00445. The normalized spacial score (nSPS) is 11.7. The summed E-state index contributed by atoms with van der Waals surface area (Å²) in [6, 6.07) is 44.6. The van der Waals surface area contributed by atoms with Crippen molar-refractivity contribution >= 4 is 0 Å². The Morgan fingerprint density at radius 3 is 1.30 bits per heavy atom. The maximum absolute atomic E-state index is 10.6. The zero-order valence-electron chi connectivity index (χ0n) is 22.6. The molecule has 0 bridgehead atoms. The van der Waals surface area contributed by atoms with Gasteiger partial charge in [0.2, 0.25) is 0 Å². The van der Waals surface area contributed by atoms with Gasteiger partial charge in [0, 0.05) is 11.8 Å². The highest BCUT2D eigenvalue weighted by Gasteiger charge is 2.26. The Hall–Kier alpha value is -4.54. The van der Waals surface area contributed by atoms with E-state index in [9.17, 15) is 5.11 Å². The molecule has 0 spiro atoms. The number of benzene rings is 5. The van der Waals surface area contributed by atoms with E-state index in [2.05, 4.69) is 48.5 Å². The van der Waals surface area contributed by atoms with Crippen molar-refractivity contribution in [3.05, 3.63) is 161 Å². The first-order chi connectivity index (χ1) is 19.7. The van der Waals surface area contributed by atoms with Crippen molar-refractivity contribution in [1.29, 1.82) is 0 Å². The van der Waals surface area contributed by atoms with Crippen molar-refractivity contribution in [3.63, 3.8) is 0 Å². The molecular weight excluding hydrogens is 496 g/mol. The van der Waals surface area contributed by atoms with Crippen molar-refractivity contribution in [1.82, 2.24) is 0 Å². The van der Waals surface area contributed by atoms with E-state index in [0.717, 1.165) is 45.1 Å². The fraction of sp³-hybridized carbons (Fsp3) is 0.167. The average molecular weight is 531 g/mol. The number of hydrogen-bond donors (Lipinski definition) is 1. The lowest BCUT2D eigenvalue weighted by atomic mass is 9.77. The number of rotatable bonds is 12. The van der Waals surface area contributed by atoms with Crippen LogP contribution in [0.4, 0.5) is 0 Å². The standard InChI is InChI=1S/C36H34O4/c1-38-32-18-12-29(13-19-32)35(24-37)36(30-14-20-33(21-15-30)39-25-27-8-4-2-5-9-27)31-16-22-34(23-17-31)40-26-28-10-6-3-7-11-28/h2-23,35-37H,24-26H2,1H3. The van der Waals surface area contributed by atoms with Gasteiger partial charge in [0.25, 0.3) is 0 Å². The lowest BCUT2D eigenvalue weighted by Gasteiger charge is -2.28. The second-order valence-electron chi connectivity index (χ2n) is 9.73. The molecule has 0 heterocycles. The fourth-order valence-electron chi connectivity index (χ4n) is 4.94. The number of aliphatic hydroxyl groups is 1. The summed E-state index contributed by atoms with van der Waals surface area (Å²) in [6.45, 7) is 1.02. The Bertz CT molecular complexity index is 1340. The third-order valence-electron chi connectivity index (χ3n) is 7.12. The van der Waals surface area contributed by atoms with Crippen molar-refractivity contribution < 1.29 is 19.3 Å². The molecular formula is C36H34O4. The number of aliphatic hydroxyl groups excluding tert-OH is 1. The van der Waals surface area contributed by atoms with Crippen LogP contribution >= 0.6 is 0 Å². The summed E-state index contributed by atoms with van der Waals surface area (Å²) in [4.78, 5) is 0. The van der Waals surface area contributed by atoms with Gasteiger partial charge in [0.05, 0.1) is 13.7 Å². The molecule has 0 aliphatic heterocycles. The Labute approximate surface area is 236 Å². The third kappa shape index (κ3) is 6.90. The first-order valence-electron chi connectivity index (χ1n) is 13.5. The van der Waals surface area contributed by atoms with Gasteiger partial charge >= 0.3 is 0 Å². The summed E-state index contributed by atoms with van der Waals surface area (Å²) in [5.74, 6) is 2.17. The predicted molar refractivity (Wildman–Crippen MR) is 159 cm³/mol. The zero-order valence-corrected chi connectivity index (χ0v) is 22.6. The van der Waals surface area contributed by atoms with Gasteiger partial charge in [0.15, 0.2) is 0 Å². The van der Waals surface area contributed by atoms with Gasteiger partial charge < -0.3 is 19.3 Å². The zero-order chi connectivity index (χ0) is 27.6. The Kier molecular flexibility index (Phi) is 9.13. The smallest absolute Gasteiger partial charge is 0.119 e. The van der Waals surface area contributed by atoms with Gasteiger partial charge in [-0.25, -0.2) is 0 Å². The first-order valence-corrected chi connectivity index (χ1v) is 13.5. The molecule has 1 unspecified atom stereocenters.